The summed E-state index contributed by atoms with van der Waals surface area (Å²) >= 11 is 0. The largest absolute Gasteiger partial charge is 0.359 e. The second-order valence-corrected chi connectivity index (χ2v) is 4.52. The third-order valence-corrected chi connectivity index (χ3v) is 3.09. The van der Waals surface area contributed by atoms with Crippen LogP contribution < -0.4 is 4.90 Å². The van der Waals surface area contributed by atoms with Gasteiger partial charge in [0.25, 0.3) is 0 Å². The van der Waals surface area contributed by atoms with Crippen LogP contribution >= 0.6 is 0 Å². The highest BCUT2D eigenvalue weighted by atomic mass is 15.2. The number of unbranched alkanes of at least 4 members (excludes halogenated alkanes) is 1. The monoisotopic (exact) mass is 251 g/mol. The summed E-state index contributed by atoms with van der Waals surface area (Å²) in [4.78, 5) is 6.64. The number of benzene rings is 1. The molecule has 0 N–H and O–H groups in total. The van der Waals surface area contributed by atoms with Crippen molar-refractivity contribution < 1.29 is 0 Å². The SMILES string of the molecule is C=CCCCN(C)c1nc2ccccc2cc1C#N. The van der Waals surface area contributed by atoms with Gasteiger partial charge in [-0.2, -0.15) is 5.26 Å². The molecule has 96 valence electrons. The molecule has 0 saturated heterocycles. The summed E-state index contributed by atoms with van der Waals surface area (Å²) in [5.41, 5.74) is 1.55. The third kappa shape index (κ3) is 2.92. The lowest BCUT2D eigenvalue weighted by Gasteiger charge is -2.19. The first-order chi connectivity index (χ1) is 9.26. The summed E-state index contributed by atoms with van der Waals surface area (Å²) < 4.78 is 0. The number of para-hydroxylation sites is 1. The van der Waals surface area contributed by atoms with Crippen LogP contribution in [0.2, 0.25) is 0 Å². The topological polar surface area (TPSA) is 39.9 Å². The van der Waals surface area contributed by atoms with Gasteiger partial charge in [-0.05, 0) is 25.0 Å². The molecule has 1 aromatic carbocycles. The maximum atomic E-state index is 9.27. The van der Waals surface area contributed by atoms with Crippen LogP contribution in [0, 0.1) is 11.3 Å². The molecule has 0 saturated carbocycles. The predicted molar refractivity (Wildman–Crippen MR) is 79.2 cm³/mol. The Bertz CT molecular complexity index is 625. The van der Waals surface area contributed by atoms with Gasteiger partial charge in [0.2, 0.25) is 0 Å². The van der Waals surface area contributed by atoms with Gasteiger partial charge in [0, 0.05) is 19.0 Å². The highest BCUT2D eigenvalue weighted by Gasteiger charge is 2.10. The number of anilines is 1. The molecule has 0 aliphatic heterocycles. The first kappa shape index (κ1) is 13.1. The van der Waals surface area contributed by atoms with Gasteiger partial charge in [-0.1, -0.05) is 24.3 Å². The van der Waals surface area contributed by atoms with Crippen molar-refractivity contribution in [2.24, 2.45) is 0 Å². The Morgan fingerprint density at radius 2 is 2.21 bits per heavy atom. The van der Waals surface area contributed by atoms with E-state index in [4.69, 9.17) is 0 Å². The molecule has 2 aromatic rings. The third-order valence-electron chi connectivity index (χ3n) is 3.09. The number of aromatic nitrogens is 1. The van der Waals surface area contributed by atoms with Gasteiger partial charge in [-0.25, -0.2) is 4.98 Å². The van der Waals surface area contributed by atoms with E-state index in [-0.39, 0.29) is 0 Å². The Morgan fingerprint density at radius 1 is 1.42 bits per heavy atom. The van der Waals surface area contributed by atoms with Gasteiger partial charge in [-0.15, -0.1) is 6.58 Å². The lowest BCUT2D eigenvalue weighted by atomic mass is 10.1. The first-order valence-corrected chi connectivity index (χ1v) is 6.38. The lowest BCUT2D eigenvalue weighted by molar-refractivity contribution is 0.793. The molecule has 0 aliphatic carbocycles. The molecule has 0 bridgehead atoms. The molecular formula is C16H17N3. The second-order valence-electron chi connectivity index (χ2n) is 4.52. The minimum atomic E-state index is 0.625. The number of pyridine rings is 1. The van der Waals surface area contributed by atoms with E-state index in [9.17, 15) is 5.26 Å². The minimum absolute atomic E-state index is 0.625. The molecule has 2 rings (SSSR count). The molecule has 0 amide bonds. The summed E-state index contributed by atoms with van der Waals surface area (Å²) in [6, 6.07) is 12.0. The number of fused-ring (bicyclic) bond motifs is 1. The lowest BCUT2D eigenvalue weighted by Crippen LogP contribution is -2.20. The van der Waals surface area contributed by atoms with Crippen molar-refractivity contribution in [1.29, 1.82) is 5.26 Å². The summed E-state index contributed by atoms with van der Waals surface area (Å²) in [6.07, 6.45) is 3.89. The van der Waals surface area contributed by atoms with Crippen LogP contribution in [0.15, 0.2) is 43.0 Å². The second kappa shape index (κ2) is 6.01. The number of hydrogen-bond donors (Lipinski definition) is 0. The van der Waals surface area contributed by atoms with Crippen molar-refractivity contribution in [2.75, 3.05) is 18.5 Å². The molecule has 0 fully saturated rings. The van der Waals surface area contributed by atoms with Crippen LogP contribution in [-0.4, -0.2) is 18.6 Å². The van der Waals surface area contributed by atoms with Crippen LogP contribution in [0.1, 0.15) is 18.4 Å². The minimum Gasteiger partial charge on any atom is -0.359 e. The smallest absolute Gasteiger partial charge is 0.146 e. The van der Waals surface area contributed by atoms with Crippen LogP contribution in [0.25, 0.3) is 10.9 Å². The van der Waals surface area contributed by atoms with Gasteiger partial charge in [0.05, 0.1) is 11.1 Å². The summed E-state index contributed by atoms with van der Waals surface area (Å²) in [5, 5.41) is 10.3. The molecule has 0 unspecified atom stereocenters. The molecule has 19 heavy (non-hydrogen) atoms. The number of allylic oxidation sites excluding steroid dienone is 1. The average Bonchev–Trinajstić information content (AvgIpc) is 2.46. The highest BCUT2D eigenvalue weighted by molar-refractivity contribution is 5.82. The van der Waals surface area contributed by atoms with Crippen LogP contribution in [0.5, 0.6) is 0 Å². The summed E-state index contributed by atoms with van der Waals surface area (Å²) in [6.45, 7) is 4.59. The number of hydrogen-bond acceptors (Lipinski definition) is 3. The summed E-state index contributed by atoms with van der Waals surface area (Å²) in [5.74, 6) is 0.755. The van der Waals surface area contributed by atoms with Crippen molar-refractivity contribution in [1.82, 2.24) is 4.98 Å². The van der Waals surface area contributed by atoms with E-state index in [1.807, 2.05) is 48.4 Å². The average molecular weight is 251 g/mol. The van der Waals surface area contributed by atoms with E-state index in [2.05, 4.69) is 17.6 Å². The molecule has 1 heterocycles. The Hall–Kier alpha value is -2.34. The zero-order valence-corrected chi connectivity index (χ0v) is 11.1. The van der Waals surface area contributed by atoms with Gasteiger partial charge in [0.1, 0.15) is 11.9 Å². The highest BCUT2D eigenvalue weighted by Crippen LogP contribution is 2.22. The maximum Gasteiger partial charge on any atom is 0.146 e. The quantitative estimate of drug-likeness (QED) is 0.603. The van der Waals surface area contributed by atoms with E-state index in [1.165, 1.54) is 0 Å². The first-order valence-electron chi connectivity index (χ1n) is 6.38. The Balaban J connectivity index is 2.35. The Morgan fingerprint density at radius 3 is 2.95 bits per heavy atom. The molecule has 0 atom stereocenters. The van der Waals surface area contributed by atoms with Crippen molar-refractivity contribution in [3.05, 3.63) is 48.6 Å². The van der Waals surface area contributed by atoms with Gasteiger partial charge >= 0.3 is 0 Å². The van der Waals surface area contributed by atoms with Crippen LogP contribution in [0.3, 0.4) is 0 Å². The molecule has 0 aliphatic rings. The van der Waals surface area contributed by atoms with E-state index in [0.29, 0.717) is 5.56 Å². The normalized spacial score (nSPS) is 10.1. The summed E-state index contributed by atoms with van der Waals surface area (Å²) in [7, 11) is 1.97. The van der Waals surface area contributed by atoms with E-state index < -0.39 is 0 Å². The number of nitrogens with zero attached hydrogens (tertiary/aromatic N) is 3. The van der Waals surface area contributed by atoms with Gasteiger partial charge < -0.3 is 4.90 Å². The molecular weight excluding hydrogens is 234 g/mol. The van der Waals surface area contributed by atoms with E-state index in [1.54, 1.807) is 0 Å². The van der Waals surface area contributed by atoms with Gasteiger partial charge in [0.15, 0.2) is 0 Å². The van der Waals surface area contributed by atoms with Crippen molar-refractivity contribution in [2.45, 2.75) is 12.8 Å². The van der Waals surface area contributed by atoms with Crippen LogP contribution in [-0.2, 0) is 0 Å². The Labute approximate surface area is 113 Å². The van der Waals surface area contributed by atoms with E-state index in [0.717, 1.165) is 36.1 Å². The molecule has 3 heteroatoms. The fraction of sp³-hybridized carbons (Fsp3) is 0.250. The molecule has 1 aromatic heterocycles. The fourth-order valence-electron chi connectivity index (χ4n) is 2.06. The van der Waals surface area contributed by atoms with Crippen molar-refractivity contribution in [3.63, 3.8) is 0 Å². The predicted octanol–water partition coefficient (Wildman–Crippen LogP) is 3.51. The molecule has 0 radical (unpaired) electrons. The van der Waals surface area contributed by atoms with E-state index >= 15 is 0 Å². The molecule has 0 spiro atoms. The van der Waals surface area contributed by atoms with Crippen molar-refractivity contribution >= 4 is 16.7 Å². The maximum absolute atomic E-state index is 9.27. The zero-order chi connectivity index (χ0) is 13.7. The fourth-order valence-corrected chi connectivity index (χ4v) is 2.06. The molecule has 3 nitrogen and oxygen atoms in total. The van der Waals surface area contributed by atoms with Crippen molar-refractivity contribution in [3.8, 4) is 6.07 Å². The number of rotatable bonds is 5. The number of nitriles is 1. The zero-order valence-electron chi connectivity index (χ0n) is 11.1. The van der Waals surface area contributed by atoms with Crippen LogP contribution in [0.4, 0.5) is 5.82 Å². The standard InChI is InChI=1S/C16H17N3/c1-3-4-7-10-19(2)16-14(12-17)11-13-8-5-6-9-15(13)18-16/h3,5-6,8-9,11H,1,4,7,10H2,2H3. The Kier molecular flexibility index (Phi) is 4.15. The van der Waals surface area contributed by atoms with Gasteiger partial charge in [-0.3, -0.25) is 0 Å².